The second kappa shape index (κ2) is 5.19. The van der Waals surface area contributed by atoms with Crippen LogP contribution in [0.25, 0.3) is 0 Å². The van der Waals surface area contributed by atoms with Crippen molar-refractivity contribution < 1.29 is 15.0 Å². The summed E-state index contributed by atoms with van der Waals surface area (Å²) in [5.41, 5.74) is 0.477. The molecule has 0 heterocycles. The molecule has 1 aliphatic carbocycles. The molecule has 17 heavy (non-hydrogen) atoms. The van der Waals surface area contributed by atoms with Gasteiger partial charge in [-0.15, -0.1) is 0 Å². The Kier molecular flexibility index (Phi) is 3.64. The average molecular weight is 235 g/mol. The molecule has 1 aromatic carbocycles. The van der Waals surface area contributed by atoms with Crippen molar-refractivity contribution in [2.75, 3.05) is 13.2 Å². The average Bonchev–Trinajstić information content (AvgIpc) is 2.25. The zero-order chi connectivity index (χ0) is 12.3. The fraction of sp³-hybridized carbons (Fsp3) is 0.462. The second-order valence-corrected chi connectivity index (χ2v) is 4.36. The number of benzene rings is 1. The molecule has 0 atom stereocenters. The normalized spacial score (nSPS) is 15.4. The van der Waals surface area contributed by atoms with Crippen LogP contribution in [0, 0.1) is 0 Å². The maximum atomic E-state index is 12.2. The molecule has 1 amide bonds. The van der Waals surface area contributed by atoms with Gasteiger partial charge in [0.15, 0.2) is 0 Å². The minimum Gasteiger partial charge on any atom is -0.508 e. The summed E-state index contributed by atoms with van der Waals surface area (Å²) in [5, 5.41) is 18.4. The van der Waals surface area contributed by atoms with Crippen molar-refractivity contribution >= 4 is 5.91 Å². The topological polar surface area (TPSA) is 60.8 Å². The van der Waals surface area contributed by atoms with E-state index in [1.807, 2.05) is 0 Å². The molecule has 0 aliphatic heterocycles. The molecule has 92 valence electrons. The standard InChI is InChI=1S/C13H17NO3/c15-8-7-14(11-4-2-5-11)13(17)10-3-1-6-12(16)9-10/h1,3,6,9,11,15-16H,2,4-5,7-8H2. The van der Waals surface area contributed by atoms with E-state index in [0.29, 0.717) is 12.1 Å². The smallest absolute Gasteiger partial charge is 0.254 e. The number of rotatable bonds is 4. The van der Waals surface area contributed by atoms with Crippen LogP contribution in [0.1, 0.15) is 29.6 Å². The molecule has 0 unspecified atom stereocenters. The van der Waals surface area contributed by atoms with E-state index in [9.17, 15) is 9.90 Å². The number of carbonyl (C=O) groups is 1. The van der Waals surface area contributed by atoms with E-state index in [-0.39, 0.29) is 24.3 Å². The molecule has 1 fully saturated rings. The summed E-state index contributed by atoms with van der Waals surface area (Å²) >= 11 is 0. The molecule has 0 saturated heterocycles. The molecule has 2 N–H and O–H groups in total. The Morgan fingerprint density at radius 2 is 2.18 bits per heavy atom. The zero-order valence-corrected chi connectivity index (χ0v) is 9.67. The summed E-state index contributed by atoms with van der Waals surface area (Å²) in [6, 6.07) is 6.59. The third-order valence-electron chi connectivity index (χ3n) is 3.21. The summed E-state index contributed by atoms with van der Waals surface area (Å²) in [7, 11) is 0. The van der Waals surface area contributed by atoms with Crippen LogP contribution in [0.4, 0.5) is 0 Å². The summed E-state index contributed by atoms with van der Waals surface area (Å²) in [5.74, 6) is -0.0203. The van der Waals surface area contributed by atoms with Gasteiger partial charge in [0.1, 0.15) is 5.75 Å². The number of phenols is 1. The number of aliphatic hydroxyl groups is 1. The maximum absolute atomic E-state index is 12.2. The lowest BCUT2D eigenvalue weighted by Crippen LogP contribution is -2.45. The first kappa shape index (κ1) is 11.9. The van der Waals surface area contributed by atoms with Gasteiger partial charge < -0.3 is 15.1 Å². The van der Waals surface area contributed by atoms with Gasteiger partial charge in [0.05, 0.1) is 6.61 Å². The number of hydrogen-bond donors (Lipinski definition) is 2. The highest BCUT2D eigenvalue weighted by Crippen LogP contribution is 2.26. The van der Waals surface area contributed by atoms with E-state index in [1.54, 1.807) is 17.0 Å². The molecule has 0 aromatic heterocycles. The van der Waals surface area contributed by atoms with Gasteiger partial charge in [0.2, 0.25) is 0 Å². The second-order valence-electron chi connectivity index (χ2n) is 4.36. The quantitative estimate of drug-likeness (QED) is 0.828. The van der Waals surface area contributed by atoms with Crippen molar-refractivity contribution in [2.24, 2.45) is 0 Å². The van der Waals surface area contributed by atoms with Crippen LogP contribution < -0.4 is 0 Å². The van der Waals surface area contributed by atoms with Gasteiger partial charge in [-0.25, -0.2) is 0 Å². The first-order chi connectivity index (χ1) is 8.22. The van der Waals surface area contributed by atoms with Crippen LogP contribution in [0.5, 0.6) is 5.75 Å². The number of carbonyl (C=O) groups excluding carboxylic acids is 1. The molecule has 1 saturated carbocycles. The number of phenolic OH excluding ortho intramolecular Hbond substituents is 1. The largest absolute Gasteiger partial charge is 0.508 e. The van der Waals surface area contributed by atoms with E-state index >= 15 is 0 Å². The van der Waals surface area contributed by atoms with Crippen LogP contribution in [0.2, 0.25) is 0 Å². The van der Waals surface area contributed by atoms with Gasteiger partial charge >= 0.3 is 0 Å². The summed E-state index contributed by atoms with van der Waals surface area (Å²) in [6.07, 6.45) is 3.15. The highest BCUT2D eigenvalue weighted by atomic mass is 16.3. The van der Waals surface area contributed by atoms with Gasteiger partial charge in [-0.05, 0) is 37.5 Å². The van der Waals surface area contributed by atoms with Crippen LogP contribution in [-0.2, 0) is 0 Å². The number of aliphatic hydroxyl groups excluding tert-OH is 1. The van der Waals surface area contributed by atoms with Crippen LogP contribution in [0.15, 0.2) is 24.3 Å². The fourth-order valence-electron chi connectivity index (χ4n) is 2.06. The Morgan fingerprint density at radius 1 is 1.41 bits per heavy atom. The van der Waals surface area contributed by atoms with Crippen molar-refractivity contribution in [3.05, 3.63) is 29.8 Å². The van der Waals surface area contributed by atoms with Crippen LogP contribution in [0.3, 0.4) is 0 Å². The van der Waals surface area contributed by atoms with E-state index in [1.165, 1.54) is 12.1 Å². The highest BCUT2D eigenvalue weighted by molar-refractivity contribution is 5.94. The molecule has 2 rings (SSSR count). The van der Waals surface area contributed by atoms with Crippen LogP contribution in [-0.4, -0.2) is 40.2 Å². The predicted octanol–water partition coefficient (Wildman–Crippen LogP) is 1.38. The zero-order valence-electron chi connectivity index (χ0n) is 9.67. The minimum absolute atomic E-state index is 0.0267. The number of hydrogen-bond acceptors (Lipinski definition) is 3. The Balaban J connectivity index is 2.15. The van der Waals surface area contributed by atoms with E-state index < -0.39 is 0 Å². The molecule has 1 aliphatic rings. The highest BCUT2D eigenvalue weighted by Gasteiger charge is 2.28. The lowest BCUT2D eigenvalue weighted by molar-refractivity contribution is 0.0525. The number of nitrogens with zero attached hydrogens (tertiary/aromatic N) is 1. The van der Waals surface area contributed by atoms with Gasteiger partial charge in [-0.3, -0.25) is 4.79 Å². The monoisotopic (exact) mass is 235 g/mol. The van der Waals surface area contributed by atoms with E-state index in [0.717, 1.165) is 19.3 Å². The van der Waals surface area contributed by atoms with Gasteiger partial charge in [-0.2, -0.15) is 0 Å². The summed E-state index contributed by atoms with van der Waals surface area (Å²) in [4.78, 5) is 13.9. The number of aromatic hydroxyl groups is 1. The fourth-order valence-corrected chi connectivity index (χ4v) is 2.06. The van der Waals surface area contributed by atoms with Crippen molar-refractivity contribution in [1.82, 2.24) is 4.90 Å². The molecule has 0 bridgehead atoms. The molecule has 0 radical (unpaired) electrons. The van der Waals surface area contributed by atoms with Crippen LogP contribution >= 0.6 is 0 Å². The van der Waals surface area contributed by atoms with Crippen molar-refractivity contribution in [2.45, 2.75) is 25.3 Å². The molecular formula is C13H17NO3. The van der Waals surface area contributed by atoms with E-state index in [2.05, 4.69) is 0 Å². The third-order valence-corrected chi connectivity index (χ3v) is 3.21. The minimum atomic E-state index is -0.111. The Bertz CT molecular complexity index is 401. The molecule has 4 heteroatoms. The Labute approximate surface area is 100 Å². The van der Waals surface area contributed by atoms with Gasteiger partial charge in [0, 0.05) is 18.2 Å². The van der Waals surface area contributed by atoms with Crippen molar-refractivity contribution in [3.63, 3.8) is 0 Å². The van der Waals surface area contributed by atoms with Crippen molar-refractivity contribution in [3.8, 4) is 5.75 Å². The molecular weight excluding hydrogens is 218 g/mol. The van der Waals surface area contributed by atoms with Gasteiger partial charge in [-0.1, -0.05) is 6.07 Å². The lowest BCUT2D eigenvalue weighted by Gasteiger charge is -2.37. The van der Waals surface area contributed by atoms with E-state index in [4.69, 9.17) is 5.11 Å². The summed E-state index contributed by atoms with van der Waals surface area (Å²) in [6.45, 7) is 0.334. The first-order valence-electron chi connectivity index (χ1n) is 5.93. The number of amides is 1. The predicted molar refractivity (Wildman–Crippen MR) is 63.9 cm³/mol. The first-order valence-corrected chi connectivity index (χ1v) is 5.93. The Hall–Kier alpha value is -1.55. The molecule has 1 aromatic rings. The molecule has 4 nitrogen and oxygen atoms in total. The lowest BCUT2D eigenvalue weighted by atomic mass is 9.91. The Morgan fingerprint density at radius 3 is 2.71 bits per heavy atom. The maximum Gasteiger partial charge on any atom is 0.254 e. The summed E-state index contributed by atoms with van der Waals surface area (Å²) < 4.78 is 0. The molecule has 0 spiro atoms. The third kappa shape index (κ3) is 2.58. The van der Waals surface area contributed by atoms with Gasteiger partial charge in [0.25, 0.3) is 5.91 Å². The van der Waals surface area contributed by atoms with Crippen molar-refractivity contribution in [1.29, 1.82) is 0 Å². The SMILES string of the molecule is O=C(c1cccc(O)c1)N(CCO)C1CCC1.